The number of hydrogen-bond acceptors (Lipinski definition) is 2. The topological polar surface area (TPSA) is 29.9 Å². The Hall–Kier alpha value is -1.46. The Morgan fingerprint density at radius 1 is 1.42 bits per heavy atom. The van der Waals surface area contributed by atoms with E-state index in [1.807, 2.05) is 6.92 Å². The number of nitrogens with zero attached hydrogens (tertiary/aromatic N) is 2. The van der Waals surface area contributed by atoms with Crippen molar-refractivity contribution < 1.29 is 8.78 Å². The molecule has 0 bridgehead atoms. The van der Waals surface area contributed by atoms with E-state index in [0.717, 1.165) is 12.1 Å². The largest absolute Gasteiger partial charge is 0.305 e. The summed E-state index contributed by atoms with van der Waals surface area (Å²) in [6.07, 6.45) is 1.48. The molecule has 0 saturated heterocycles. The second kappa shape index (κ2) is 5.67. The highest BCUT2D eigenvalue weighted by molar-refractivity contribution is 6.31. The van der Waals surface area contributed by atoms with Gasteiger partial charge in [0.05, 0.1) is 23.0 Å². The fourth-order valence-electron chi connectivity index (χ4n) is 2.04. The van der Waals surface area contributed by atoms with Crippen LogP contribution < -0.4 is 5.32 Å². The van der Waals surface area contributed by atoms with Gasteiger partial charge >= 0.3 is 0 Å². The van der Waals surface area contributed by atoms with Crippen LogP contribution in [0, 0.1) is 11.6 Å². The first-order valence-electron chi connectivity index (χ1n) is 5.90. The zero-order chi connectivity index (χ0) is 14.0. The highest BCUT2D eigenvalue weighted by atomic mass is 35.5. The maximum absolute atomic E-state index is 13.9. The number of benzene rings is 1. The zero-order valence-corrected chi connectivity index (χ0v) is 11.4. The summed E-state index contributed by atoms with van der Waals surface area (Å²) < 4.78 is 28.8. The molecule has 19 heavy (non-hydrogen) atoms. The van der Waals surface area contributed by atoms with Crippen molar-refractivity contribution >= 4 is 11.6 Å². The summed E-state index contributed by atoms with van der Waals surface area (Å²) in [5, 5.41) is 7.54. The zero-order valence-electron chi connectivity index (χ0n) is 10.6. The predicted molar refractivity (Wildman–Crippen MR) is 70.1 cm³/mol. The third kappa shape index (κ3) is 2.77. The van der Waals surface area contributed by atoms with Crippen molar-refractivity contribution in [2.24, 2.45) is 7.05 Å². The Morgan fingerprint density at radius 2 is 2.16 bits per heavy atom. The smallest absolute Gasteiger partial charge is 0.128 e. The number of rotatable bonds is 4. The molecule has 0 amide bonds. The molecule has 0 fully saturated rings. The molecule has 0 aliphatic rings. The molecule has 1 aromatic carbocycles. The molecule has 1 atom stereocenters. The molecule has 0 aliphatic heterocycles. The van der Waals surface area contributed by atoms with Crippen LogP contribution in [0.3, 0.4) is 0 Å². The number of halogens is 3. The minimum atomic E-state index is -0.541. The second-order valence-corrected chi connectivity index (χ2v) is 4.57. The summed E-state index contributed by atoms with van der Waals surface area (Å²) in [6, 6.07) is 2.83. The van der Waals surface area contributed by atoms with Gasteiger partial charge in [-0.05, 0) is 24.7 Å². The molecule has 6 heteroatoms. The summed E-state index contributed by atoms with van der Waals surface area (Å²) in [7, 11) is 1.71. The summed E-state index contributed by atoms with van der Waals surface area (Å²) in [5.41, 5.74) is 0.820. The molecule has 2 rings (SSSR count). The summed E-state index contributed by atoms with van der Waals surface area (Å²) >= 11 is 6.08. The van der Waals surface area contributed by atoms with Crippen LogP contribution in [0.4, 0.5) is 8.78 Å². The lowest BCUT2D eigenvalue weighted by Crippen LogP contribution is -2.25. The number of nitrogens with one attached hydrogen (secondary N) is 1. The minimum Gasteiger partial charge on any atom is -0.305 e. The van der Waals surface area contributed by atoms with Crippen LogP contribution in [0.2, 0.25) is 5.02 Å². The Morgan fingerprint density at radius 3 is 2.74 bits per heavy atom. The molecule has 1 heterocycles. The summed E-state index contributed by atoms with van der Waals surface area (Å²) in [5.74, 6) is -0.970. The first-order valence-corrected chi connectivity index (χ1v) is 6.28. The molecule has 2 aromatic rings. The Kier molecular flexibility index (Phi) is 4.17. The van der Waals surface area contributed by atoms with Crippen LogP contribution in [-0.4, -0.2) is 16.3 Å². The number of aromatic nitrogens is 2. The van der Waals surface area contributed by atoms with Crippen molar-refractivity contribution in [3.63, 3.8) is 0 Å². The van der Waals surface area contributed by atoms with Crippen LogP contribution in [0.25, 0.3) is 0 Å². The highest BCUT2D eigenvalue weighted by Gasteiger charge is 2.23. The van der Waals surface area contributed by atoms with E-state index in [-0.39, 0.29) is 5.56 Å². The average molecular weight is 286 g/mol. The standard InChI is InChI=1S/C13H14ClF2N3/c1-3-17-12(13-10(14)7-18-19(13)2)9-6-8(15)4-5-11(9)16/h4-7,12,17H,3H2,1-2H3. The van der Waals surface area contributed by atoms with Gasteiger partial charge in [-0.2, -0.15) is 5.10 Å². The minimum absolute atomic E-state index is 0.215. The molecule has 1 aromatic heterocycles. The molecular weight excluding hydrogens is 272 g/mol. The lowest BCUT2D eigenvalue weighted by Gasteiger charge is -2.20. The van der Waals surface area contributed by atoms with E-state index < -0.39 is 17.7 Å². The molecular formula is C13H14ClF2N3. The lowest BCUT2D eigenvalue weighted by atomic mass is 10.0. The van der Waals surface area contributed by atoms with Crippen molar-refractivity contribution in [1.29, 1.82) is 0 Å². The maximum atomic E-state index is 13.9. The molecule has 1 unspecified atom stereocenters. The summed E-state index contributed by atoms with van der Waals surface area (Å²) in [4.78, 5) is 0. The van der Waals surface area contributed by atoms with E-state index in [9.17, 15) is 8.78 Å². The number of hydrogen-bond donors (Lipinski definition) is 1. The van der Waals surface area contributed by atoms with E-state index in [4.69, 9.17) is 11.6 Å². The van der Waals surface area contributed by atoms with Gasteiger partial charge in [-0.3, -0.25) is 4.68 Å². The highest BCUT2D eigenvalue weighted by Crippen LogP contribution is 2.29. The Bertz CT molecular complexity index is 564. The Labute approximate surface area is 115 Å². The van der Waals surface area contributed by atoms with Crippen molar-refractivity contribution in [1.82, 2.24) is 15.1 Å². The molecule has 0 radical (unpaired) electrons. The van der Waals surface area contributed by atoms with Gasteiger partial charge in [0.15, 0.2) is 0 Å². The van der Waals surface area contributed by atoms with Gasteiger partial charge in [0, 0.05) is 12.6 Å². The molecule has 0 spiro atoms. The monoisotopic (exact) mass is 285 g/mol. The van der Waals surface area contributed by atoms with Gasteiger partial charge in [0.25, 0.3) is 0 Å². The van der Waals surface area contributed by atoms with E-state index >= 15 is 0 Å². The Balaban J connectivity index is 2.54. The van der Waals surface area contributed by atoms with Gasteiger partial charge in [0.1, 0.15) is 11.6 Å². The lowest BCUT2D eigenvalue weighted by molar-refractivity contribution is 0.523. The van der Waals surface area contributed by atoms with Crippen LogP contribution >= 0.6 is 11.6 Å². The van der Waals surface area contributed by atoms with Gasteiger partial charge in [-0.1, -0.05) is 18.5 Å². The first-order chi connectivity index (χ1) is 9.04. The van der Waals surface area contributed by atoms with Gasteiger partial charge in [-0.15, -0.1) is 0 Å². The third-order valence-corrected chi connectivity index (χ3v) is 3.18. The third-order valence-electron chi connectivity index (χ3n) is 2.89. The van der Waals surface area contributed by atoms with E-state index in [1.165, 1.54) is 12.3 Å². The van der Waals surface area contributed by atoms with E-state index in [0.29, 0.717) is 17.3 Å². The van der Waals surface area contributed by atoms with Crippen molar-refractivity contribution in [3.05, 3.63) is 52.3 Å². The fourth-order valence-corrected chi connectivity index (χ4v) is 2.31. The van der Waals surface area contributed by atoms with E-state index in [1.54, 1.807) is 11.7 Å². The molecule has 1 N–H and O–H groups in total. The van der Waals surface area contributed by atoms with Crippen LogP contribution in [-0.2, 0) is 7.05 Å². The first kappa shape index (κ1) is 14.0. The predicted octanol–water partition coefficient (Wildman–Crippen LogP) is 3.05. The second-order valence-electron chi connectivity index (χ2n) is 4.16. The maximum Gasteiger partial charge on any atom is 0.128 e. The normalized spacial score (nSPS) is 12.7. The summed E-state index contributed by atoms with van der Waals surface area (Å²) in [6.45, 7) is 2.47. The SMILES string of the molecule is CCNC(c1cc(F)ccc1F)c1c(Cl)cnn1C. The quantitative estimate of drug-likeness (QED) is 0.936. The number of aryl methyl sites for hydroxylation is 1. The molecule has 102 valence electrons. The van der Waals surface area contributed by atoms with Crippen molar-refractivity contribution in [2.45, 2.75) is 13.0 Å². The van der Waals surface area contributed by atoms with Crippen LogP contribution in [0.5, 0.6) is 0 Å². The fraction of sp³-hybridized carbons (Fsp3) is 0.308. The van der Waals surface area contributed by atoms with Crippen molar-refractivity contribution in [2.75, 3.05) is 6.54 Å². The van der Waals surface area contributed by atoms with Gasteiger partial charge in [0.2, 0.25) is 0 Å². The molecule has 0 aliphatic carbocycles. The average Bonchev–Trinajstić information content (AvgIpc) is 2.70. The van der Waals surface area contributed by atoms with Gasteiger partial charge in [-0.25, -0.2) is 8.78 Å². The van der Waals surface area contributed by atoms with Crippen molar-refractivity contribution in [3.8, 4) is 0 Å². The van der Waals surface area contributed by atoms with Crippen LogP contribution in [0.1, 0.15) is 24.2 Å². The van der Waals surface area contributed by atoms with Crippen LogP contribution in [0.15, 0.2) is 24.4 Å². The molecule has 0 saturated carbocycles. The molecule has 3 nitrogen and oxygen atoms in total. The van der Waals surface area contributed by atoms with Gasteiger partial charge < -0.3 is 5.32 Å². The van der Waals surface area contributed by atoms with E-state index in [2.05, 4.69) is 10.4 Å².